The minimum absolute atomic E-state index is 0.0511. The fourth-order valence-corrected chi connectivity index (χ4v) is 4.88. The number of piperidine rings is 1. The van der Waals surface area contributed by atoms with Crippen molar-refractivity contribution in [2.24, 2.45) is 11.8 Å². The molecule has 0 spiro atoms. The minimum Gasteiger partial charge on any atom is -0.489 e. The molecule has 0 N–H and O–H groups in total. The van der Waals surface area contributed by atoms with Gasteiger partial charge in [-0.25, -0.2) is 0 Å². The molecule has 176 valence electrons. The second-order valence-corrected chi connectivity index (χ2v) is 9.61. The van der Waals surface area contributed by atoms with E-state index >= 15 is 0 Å². The average molecular weight is 450 g/mol. The number of benzene rings is 2. The zero-order valence-electron chi connectivity index (χ0n) is 19.8. The third-order valence-corrected chi connectivity index (χ3v) is 6.59. The molecule has 2 unspecified atom stereocenters. The van der Waals surface area contributed by atoms with Crippen LogP contribution in [0.25, 0.3) is 0 Å². The summed E-state index contributed by atoms with van der Waals surface area (Å²) in [6.07, 6.45) is 1.20. The molecule has 6 nitrogen and oxygen atoms in total. The minimum atomic E-state index is 0.0511. The molecule has 33 heavy (non-hydrogen) atoms. The molecule has 2 fully saturated rings. The highest BCUT2D eigenvalue weighted by atomic mass is 16.5. The average Bonchev–Trinajstić information content (AvgIpc) is 2.83. The number of carbonyl (C=O) groups excluding carboxylic acids is 2. The molecule has 2 heterocycles. The fourth-order valence-electron chi connectivity index (χ4n) is 4.88. The van der Waals surface area contributed by atoms with Gasteiger partial charge in [0.15, 0.2) is 0 Å². The van der Waals surface area contributed by atoms with E-state index in [2.05, 4.69) is 18.7 Å². The first-order chi connectivity index (χ1) is 16.0. The van der Waals surface area contributed by atoms with E-state index in [4.69, 9.17) is 4.74 Å². The van der Waals surface area contributed by atoms with Crippen molar-refractivity contribution >= 4 is 11.8 Å². The van der Waals surface area contributed by atoms with Crippen molar-refractivity contribution in [1.29, 1.82) is 0 Å². The Labute approximate surface area is 197 Å². The van der Waals surface area contributed by atoms with Gasteiger partial charge < -0.3 is 14.5 Å². The van der Waals surface area contributed by atoms with Crippen molar-refractivity contribution in [3.63, 3.8) is 0 Å². The Morgan fingerprint density at radius 2 is 1.48 bits per heavy atom. The van der Waals surface area contributed by atoms with Crippen LogP contribution in [0.15, 0.2) is 54.6 Å². The van der Waals surface area contributed by atoms with Gasteiger partial charge in [-0.05, 0) is 48.1 Å². The van der Waals surface area contributed by atoms with E-state index in [0.717, 1.165) is 37.5 Å². The van der Waals surface area contributed by atoms with E-state index in [9.17, 15) is 9.59 Å². The molecule has 2 saturated heterocycles. The maximum Gasteiger partial charge on any atom is 0.253 e. The Morgan fingerprint density at radius 3 is 2.12 bits per heavy atom. The molecular weight excluding hydrogens is 414 g/mol. The number of ether oxygens (including phenoxy) is 1. The molecule has 2 aliphatic rings. The van der Waals surface area contributed by atoms with Crippen LogP contribution in [0.3, 0.4) is 0 Å². The standard InChI is InChI=1S/C27H35N3O3/c1-21-16-22(2)18-30(17-21)26(31)19-28-12-14-29(15-13-28)27(32)24-10-8-23(9-11-24)20-33-25-6-4-3-5-7-25/h3-11,21-22H,12-20H2,1-2H3. The zero-order valence-corrected chi connectivity index (χ0v) is 19.8. The highest BCUT2D eigenvalue weighted by molar-refractivity contribution is 5.94. The van der Waals surface area contributed by atoms with Crippen LogP contribution in [0.4, 0.5) is 0 Å². The van der Waals surface area contributed by atoms with Crippen LogP contribution in [0.1, 0.15) is 36.2 Å². The van der Waals surface area contributed by atoms with Crippen molar-refractivity contribution in [3.8, 4) is 5.75 Å². The molecule has 4 rings (SSSR count). The topological polar surface area (TPSA) is 53.1 Å². The number of hydrogen-bond donors (Lipinski definition) is 0. The number of piperazine rings is 1. The van der Waals surface area contributed by atoms with Gasteiger partial charge in [-0.1, -0.05) is 44.2 Å². The van der Waals surface area contributed by atoms with Crippen molar-refractivity contribution in [2.45, 2.75) is 26.9 Å². The SMILES string of the molecule is CC1CC(C)CN(C(=O)CN2CCN(C(=O)c3ccc(COc4ccccc4)cc3)CC2)C1. The third kappa shape index (κ3) is 6.35. The molecule has 2 aromatic rings. The van der Waals surface area contributed by atoms with Gasteiger partial charge in [0.25, 0.3) is 5.91 Å². The lowest BCUT2D eigenvalue weighted by atomic mass is 9.92. The number of carbonyl (C=O) groups is 2. The van der Waals surface area contributed by atoms with Crippen LogP contribution in [0.2, 0.25) is 0 Å². The lowest BCUT2D eigenvalue weighted by molar-refractivity contribution is -0.135. The van der Waals surface area contributed by atoms with Gasteiger partial charge in [0.1, 0.15) is 12.4 Å². The van der Waals surface area contributed by atoms with Crippen molar-refractivity contribution in [2.75, 3.05) is 45.8 Å². The summed E-state index contributed by atoms with van der Waals surface area (Å²) in [5, 5.41) is 0. The van der Waals surface area contributed by atoms with E-state index in [1.807, 2.05) is 64.4 Å². The van der Waals surface area contributed by atoms with Gasteiger partial charge in [0, 0.05) is 44.8 Å². The number of hydrogen-bond acceptors (Lipinski definition) is 4. The van der Waals surface area contributed by atoms with E-state index in [1.54, 1.807) is 0 Å². The van der Waals surface area contributed by atoms with Crippen molar-refractivity contribution in [3.05, 3.63) is 65.7 Å². The molecule has 6 heteroatoms. The predicted octanol–water partition coefficient (Wildman–Crippen LogP) is 3.53. The fraction of sp³-hybridized carbons (Fsp3) is 0.481. The molecule has 0 aromatic heterocycles. The van der Waals surface area contributed by atoms with Gasteiger partial charge in [-0.15, -0.1) is 0 Å². The Bertz CT molecular complexity index is 913. The monoisotopic (exact) mass is 449 g/mol. The third-order valence-electron chi connectivity index (χ3n) is 6.59. The molecule has 0 saturated carbocycles. The summed E-state index contributed by atoms with van der Waals surface area (Å²) in [5.74, 6) is 2.25. The predicted molar refractivity (Wildman–Crippen MR) is 129 cm³/mol. The maximum atomic E-state index is 12.9. The smallest absolute Gasteiger partial charge is 0.253 e. The van der Waals surface area contributed by atoms with Gasteiger partial charge in [0.05, 0.1) is 6.54 Å². The Kier molecular flexibility index (Phi) is 7.65. The molecule has 2 amide bonds. The van der Waals surface area contributed by atoms with E-state index in [0.29, 0.717) is 43.6 Å². The highest BCUT2D eigenvalue weighted by Gasteiger charge is 2.28. The first kappa shape index (κ1) is 23.3. The lowest BCUT2D eigenvalue weighted by Crippen LogP contribution is -2.53. The van der Waals surface area contributed by atoms with Crippen LogP contribution >= 0.6 is 0 Å². The summed E-state index contributed by atoms with van der Waals surface area (Å²) in [6.45, 7) is 9.89. The second kappa shape index (κ2) is 10.8. The molecule has 0 aliphatic carbocycles. The number of para-hydroxylation sites is 1. The van der Waals surface area contributed by atoms with Crippen LogP contribution in [0.5, 0.6) is 5.75 Å². The van der Waals surface area contributed by atoms with Gasteiger partial charge >= 0.3 is 0 Å². The summed E-state index contributed by atoms with van der Waals surface area (Å²) in [5.41, 5.74) is 1.72. The second-order valence-electron chi connectivity index (χ2n) is 9.61. The molecule has 0 radical (unpaired) electrons. The summed E-state index contributed by atoms with van der Waals surface area (Å²) in [7, 11) is 0. The lowest BCUT2D eigenvalue weighted by Gasteiger charge is -2.38. The van der Waals surface area contributed by atoms with Crippen LogP contribution in [-0.4, -0.2) is 72.3 Å². The molecular formula is C27H35N3O3. The summed E-state index contributed by atoms with van der Waals surface area (Å²) >= 11 is 0. The summed E-state index contributed by atoms with van der Waals surface area (Å²) in [4.78, 5) is 31.8. The van der Waals surface area contributed by atoms with Gasteiger partial charge in [0.2, 0.25) is 5.91 Å². The van der Waals surface area contributed by atoms with Crippen molar-refractivity contribution in [1.82, 2.24) is 14.7 Å². The molecule has 0 bridgehead atoms. The quantitative estimate of drug-likeness (QED) is 0.677. The molecule has 2 aliphatic heterocycles. The molecule has 2 atom stereocenters. The van der Waals surface area contributed by atoms with E-state index in [-0.39, 0.29) is 11.8 Å². The molecule has 2 aromatic carbocycles. The maximum absolute atomic E-state index is 12.9. The summed E-state index contributed by atoms with van der Waals surface area (Å²) in [6, 6.07) is 17.4. The Hall–Kier alpha value is -2.86. The van der Waals surface area contributed by atoms with E-state index in [1.165, 1.54) is 6.42 Å². The Morgan fingerprint density at radius 1 is 0.848 bits per heavy atom. The van der Waals surface area contributed by atoms with Crippen LogP contribution in [0, 0.1) is 11.8 Å². The number of likely N-dealkylation sites (tertiary alicyclic amines) is 1. The first-order valence-corrected chi connectivity index (χ1v) is 12.0. The summed E-state index contributed by atoms with van der Waals surface area (Å²) < 4.78 is 5.78. The zero-order chi connectivity index (χ0) is 23.2. The number of nitrogens with zero attached hydrogens (tertiary/aromatic N) is 3. The van der Waals surface area contributed by atoms with Gasteiger partial charge in [-0.3, -0.25) is 14.5 Å². The van der Waals surface area contributed by atoms with E-state index < -0.39 is 0 Å². The normalized spacial score (nSPS) is 21.6. The highest BCUT2D eigenvalue weighted by Crippen LogP contribution is 2.21. The Balaban J connectivity index is 1.23. The van der Waals surface area contributed by atoms with Crippen LogP contribution < -0.4 is 4.74 Å². The largest absolute Gasteiger partial charge is 0.489 e. The number of amides is 2. The van der Waals surface area contributed by atoms with Crippen LogP contribution in [-0.2, 0) is 11.4 Å². The number of rotatable bonds is 6. The van der Waals surface area contributed by atoms with Crippen molar-refractivity contribution < 1.29 is 14.3 Å². The van der Waals surface area contributed by atoms with Gasteiger partial charge in [-0.2, -0.15) is 0 Å². The first-order valence-electron chi connectivity index (χ1n) is 12.0.